The predicted molar refractivity (Wildman–Crippen MR) is 98.4 cm³/mol. The number of benzene rings is 1. The molecule has 0 atom stereocenters. The van der Waals surface area contributed by atoms with Gasteiger partial charge in [0.1, 0.15) is 18.2 Å². The van der Waals surface area contributed by atoms with Crippen molar-refractivity contribution in [2.75, 3.05) is 47.5 Å². The molecule has 4 rings (SSSR count). The summed E-state index contributed by atoms with van der Waals surface area (Å²) in [5.41, 5.74) is 1.59. The first-order valence-corrected chi connectivity index (χ1v) is 9.91. The number of hydrogen-bond donors (Lipinski definition) is 0. The Hall–Kier alpha value is -2.48. The zero-order valence-electron chi connectivity index (χ0n) is 14.1. The predicted octanol–water partition coefficient (Wildman–Crippen LogP) is 2.41. The number of cyclic esters (lactones) is 1. The van der Waals surface area contributed by atoms with Crippen molar-refractivity contribution in [3.63, 3.8) is 0 Å². The highest BCUT2D eigenvalue weighted by molar-refractivity contribution is 7.85. The average molecular weight is 375 g/mol. The molecule has 26 heavy (non-hydrogen) atoms. The average Bonchev–Trinajstić information content (AvgIpc) is 3.08. The third-order valence-corrected chi connectivity index (χ3v) is 5.86. The largest absolute Gasteiger partial charge is 0.447 e. The van der Waals surface area contributed by atoms with Crippen LogP contribution in [0.25, 0.3) is 11.1 Å². The molecule has 1 aromatic carbocycles. The topological polar surface area (TPSA) is 62.7 Å². The zero-order valence-corrected chi connectivity index (χ0v) is 14.9. The second kappa shape index (κ2) is 7.03. The van der Waals surface area contributed by atoms with E-state index in [9.17, 15) is 13.4 Å². The lowest BCUT2D eigenvalue weighted by molar-refractivity contribution is 0.181. The Morgan fingerprint density at radius 2 is 1.92 bits per heavy atom. The number of ether oxygens (including phenoxy) is 1. The standard InChI is InChI=1S/C18H18FN3O3S/c19-16-11-14(22-5-8-25-18(22)23)2-3-15(16)13-1-4-17(20-12-13)21-6-9-26(24)10-7-21/h1-4,11-12H,5-10H2. The molecule has 0 aliphatic carbocycles. The summed E-state index contributed by atoms with van der Waals surface area (Å²) in [4.78, 5) is 19.5. The van der Waals surface area contributed by atoms with Gasteiger partial charge >= 0.3 is 6.09 Å². The smallest absolute Gasteiger partial charge is 0.414 e. The molecule has 8 heteroatoms. The maximum atomic E-state index is 14.6. The van der Waals surface area contributed by atoms with E-state index in [2.05, 4.69) is 9.88 Å². The molecule has 2 aromatic rings. The molecule has 1 amide bonds. The molecule has 6 nitrogen and oxygen atoms in total. The van der Waals surface area contributed by atoms with Crippen molar-refractivity contribution in [2.45, 2.75) is 0 Å². The third kappa shape index (κ3) is 3.29. The van der Waals surface area contributed by atoms with E-state index in [4.69, 9.17) is 4.74 Å². The number of carbonyl (C=O) groups excluding carboxylic acids is 1. The van der Waals surface area contributed by atoms with Crippen LogP contribution in [0.2, 0.25) is 0 Å². The minimum Gasteiger partial charge on any atom is -0.447 e. The van der Waals surface area contributed by atoms with Crippen molar-refractivity contribution in [3.8, 4) is 11.1 Å². The van der Waals surface area contributed by atoms with Gasteiger partial charge in [-0.3, -0.25) is 9.11 Å². The summed E-state index contributed by atoms with van der Waals surface area (Å²) in [5, 5.41) is 0. The Kier molecular flexibility index (Phi) is 4.58. The molecule has 136 valence electrons. The van der Waals surface area contributed by atoms with Crippen LogP contribution >= 0.6 is 0 Å². The van der Waals surface area contributed by atoms with E-state index in [-0.39, 0.29) is 0 Å². The van der Waals surface area contributed by atoms with Crippen molar-refractivity contribution in [3.05, 3.63) is 42.3 Å². The van der Waals surface area contributed by atoms with Crippen molar-refractivity contribution in [1.82, 2.24) is 4.98 Å². The summed E-state index contributed by atoms with van der Waals surface area (Å²) in [5.74, 6) is 1.70. The third-order valence-electron chi connectivity index (χ3n) is 4.59. The number of anilines is 2. The highest BCUT2D eigenvalue weighted by Crippen LogP contribution is 2.28. The summed E-state index contributed by atoms with van der Waals surface area (Å²) in [7, 11) is -0.734. The molecule has 0 spiro atoms. The maximum Gasteiger partial charge on any atom is 0.414 e. The molecule has 2 aliphatic heterocycles. The van der Waals surface area contributed by atoms with Crippen molar-refractivity contribution in [1.29, 1.82) is 0 Å². The molecule has 0 unspecified atom stereocenters. The van der Waals surface area contributed by atoms with Crippen LogP contribution in [0, 0.1) is 5.82 Å². The Bertz CT molecular complexity index is 849. The molecule has 1 aromatic heterocycles. The fourth-order valence-corrected chi connectivity index (χ4v) is 4.19. The van der Waals surface area contributed by atoms with Gasteiger partial charge in [-0.1, -0.05) is 0 Å². The Balaban J connectivity index is 1.54. The van der Waals surface area contributed by atoms with Gasteiger partial charge in [0.05, 0.1) is 12.2 Å². The summed E-state index contributed by atoms with van der Waals surface area (Å²) in [6.07, 6.45) is 1.19. The molecule has 0 N–H and O–H groups in total. The van der Waals surface area contributed by atoms with Gasteiger partial charge in [0.15, 0.2) is 0 Å². The van der Waals surface area contributed by atoms with Gasteiger partial charge in [-0.15, -0.1) is 0 Å². The first-order valence-electron chi connectivity index (χ1n) is 8.42. The molecule has 0 saturated carbocycles. The quantitative estimate of drug-likeness (QED) is 0.824. The van der Waals surface area contributed by atoms with Crippen LogP contribution in [0.15, 0.2) is 36.5 Å². The van der Waals surface area contributed by atoms with Crippen LogP contribution in [0.5, 0.6) is 0 Å². The Morgan fingerprint density at radius 1 is 1.12 bits per heavy atom. The lowest BCUT2D eigenvalue weighted by atomic mass is 10.1. The molecular formula is C18H18FN3O3S. The summed E-state index contributed by atoms with van der Waals surface area (Å²) in [6.45, 7) is 2.17. The van der Waals surface area contributed by atoms with Gasteiger partial charge in [0.25, 0.3) is 0 Å². The molecule has 2 fully saturated rings. The number of aromatic nitrogens is 1. The zero-order chi connectivity index (χ0) is 18.1. The number of rotatable bonds is 3. The molecule has 2 aliphatic rings. The van der Waals surface area contributed by atoms with Crippen LogP contribution in [-0.4, -0.2) is 53.0 Å². The maximum absolute atomic E-state index is 14.6. The number of halogens is 1. The van der Waals surface area contributed by atoms with Crippen LogP contribution in [0.4, 0.5) is 20.7 Å². The minimum absolute atomic E-state index is 0.317. The summed E-state index contributed by atoms with van der Waals surface area (Å²) in [6, 6.07) is 8.39. The monoisotopic (exact) mass is 375 g/mol. The van der Waals surface area contributed by atoms with E-state index < -0.39 is 22.7 Å². The van der Waals surface area contributed by atoms with Gasteiger partial charge < -0.3 is 9.64 Å². The van der Waals surface area contributed by atoms with E-state index in [1.165, 1.54) is 11.0 Å². The first-order chi connectivity index (χ1) is 12.6. The van der Waals surface area contributed by atoms with Gasteiger partial charge in [-0.25, -0.2) is 14.2 Å². The molecular weight excluding hydrogens is 357 g/mol. The lowest BCUT2D eigenvalue weighted by Gasteiger charge is -2.27. The van der Waals surface area contributed by atoms with Gasteiger partial charge in [-0.2, -0.15) is 0 Å². The number of nitrogens with zero attached hydrogens (tertiary/aromatic N) is 3. The van der Waals surface area contributed by atoms with Gasteiger partial charge in [0.2, 0.25) is 0 Å². The van der Waals surface area contributed by atoms with E-state index in [1.54, 1.807) is 18.3 Å². The van der Waals surface area contributed by atoms with Crippen LogP contribution in [-0.2, 0) is 15.5 Å². The Morgan fingerprint density at radius 3 is 2.54 bits per heavy atom. The normalized spacial score (nSPS) is 18.3. The van der Waals surface area contributed by atoms with Gasteiger partial charge in [-0.05, 0) is 30.3 Å². The fraction of sp³-hybridized carbons (Fsp3) is 0.333. The SMILES string of the molecule is O=C1OCCN1c1ccc(-c2ccc(N3CCS(=O)CC3)nc2)c(F)c1. The summed E-state index contributed by atoms with van der Waals surface area (Å²) < 4.78 is 30.9. The van der Waals surface area contributed by atoms with Gasteiger partial charge in [0, 0.05) is 52.7 Å². The number of carbonyl (C=O) groups is 1. The Labute approximate surface area is 153 Å². The summed E-state index contributed by atoms with van der Waals surface area (Å²) >= 11 is 0. The first kappa shape index (κ1) is 17.0. The fourth-order valence-electron chi connectivity index (χ4n) is 3.13. The molecule has 0 bridgehead atoms. The second-order valence-electron chi connectivity index (χ2n) is 6.17. The van der Waals surface area contributed by atoms with E-state index in [0.717, 1.165) is 5.82 Å². The number of amides is 1. The van der Waals surface area contributed by atoms with Crippen molar-refractivity contribution < 1.29 is 18.1 Å². The molecule has 2 saturated heterocycles. The van der Waals surface area contributed by atoms with E-state index in [1.807, 2.05) is 12.1 Å². The van der Waals surface area contributed by atoms with Crippen LogP contribution in [0.3, 0.4) is 0 Å². The lowest BCUT2D eigenvalue weighted by Crippen LogP contribution is -2.38. The number of hydrogen-bond acceptors (Lipinski definition) is 5. The van der Waals surface area contributed by atoms with E-state index >= 15 is 0 Å². The molecule has 3 heterocycles. The minimum atomic E-state index is -0.734. The van der Waals surface area contributed by atoms with Crippen LogP contribution in [0.1, 0.15) is 0 Å². The van der Waals surface area contributed by atoms with Crippen LogP contribution < -0.4 is 9.80 Å². The second-order valence-corrected chi connectivity index (χ2v) is 7.87. The van der Waals surface area contributed by atoms with Crippen molar-refractivity contribution >= 4 is 28.4 Å². The highest BCUT2D eigenvalue weighted by Gasteiger charge is 2.24. The highest BCUT2D eigenvalue weighted by atomic mass is 32.2. The number of pyridine rings is 1. The molecule has 0 radical (unpaired) electrons. The van der Waals surface area contributed by atoms with E-state index in [0.29, 0.717) is 54.6 Å². The van der Waals surface area contributed by atoms with Crippen molar-refractivity contribution in [2.24, 2.45) is 0 Å².